The standard InChI is InChI=1S/C26H32N4OS/c1-2-20-10-11-22-23(18-27)26(32-24(22)17-20)28-25(31)19-30-15-13-29(14-16-30)12-6-9-21-7-4-3-5-8-21/h3-9,20H,2,10-17,19H2,1H3,(H,28,31)/b9-6+. The molecule has 0 saturated carbocycles. The Bertz CT molecular complexity index is 983. The molecule has 6 heteroatoms. The number of piperazine rings is 1. The third-order valence-corrected chi connectivity index (χ3v) is 7.78. The number of hydrogen-bond acceptors (Lipinski definition) is 5. The summed E-state index contributed by atoms with van der Waals surface area (Å²) in [4.78, 5) is 18.6. The summed E-state index contributed by atoms with van der Waals surface area (Å²) in [5.74, 6) is 0.694. The van der Waals surface area contributed by atoms with Gasteiger partial charge in [-0.2, -0.15) is 5.26 Å². The van der Waals surface area contributed by atoms with Gasteiger partial charge in [0, 0.05) is 37.6 Å². The van der Waals surface area contributed by atoms with E-state index in [1.807, 2.05) is 6.07 Å². The minimum absolute atomic E-state index is 0.00966. The maximum Gasteiger partial charge on any atom is 0.239 e. The Morgan fingerprint density at radius 1 is 1.22 bits per heavy atom. The molecule has 0 spiro atoms. The van der Waals surface area contributed by atoms with Crippen LogP contribution in [0.2, 0.25) is 0 Å². The van der Waals surface area contributed by atoms with Crippen LogP contribution in [0.5, 0.6) is 0 Å². The minimum Gasteiger partial charge on any atom is -0.315 e. The number of fused-ring (bicyclic) bond motifs is 1. The molecular weight excluding hydrogens is 416 g/mol. The zero-order valence-corrected chi connectivity index (χ0v) is 19.7. The van der Waals surface area contributed by atoms with Gasteiger partial charge in [-0.1, -0.05) is 55.8 Å². The number of carbonyl (C=O) groups excluding carboxylic acids is 1. The third-order valence-electron chi connectivity index (χ3n) is 6.62. The fourth-order valence-electron chi connectivity index (χ4n) is 4.61. The molecule has 1 atom stereocenters. The summed E-state index contributed by atoms with van der Waals surface area (Å²) in [7, 11) is 0. The number of anilines is 1. The SMILES string of the molecule is CCC1CCc2c(sc(NC(=O)CN3CCN(C/C=C/c4ccccc4)CC3)c2C#N)C1. The first-order valence-electron chi connectivity index (χ1n) is 11.7. The lowest BCUT2D eigenvalue weighted by Crippen LogP contribution is -2.48. The third kappa shape index (κ3) is 5.66. The number of benzene rings is 1. The Balaban J connectivity index is 1.25. The van der Waals surface area contributed by atoms with Crippen LogP contribution in [0.4, 0.5) is 5.00 Å². The molecule has 4 rings (SSSR count). The van der Waals surface area contributed by atoms with E-state index < -0.39 is 0 Å². The molecular formula is C26H32N4OS. The van der Waals surface area contributed by atoms with E-state index in [4.69, 9.17) is 0 Å². The van der Waals surface area contributed by atoms with Crippen LogP contribution in [0.25, 0.3) is 6.08 Å². The molecule has 1 fully saturated rings. The molecule has 1 aliphatic carbocycles. The molecule has 5 nitrogen and oxygen atoms in total. The maximum atomic E-state index is 12.7. The van der Waals surface area contributed by atoms with Crippen LogP contribution >= 0.6 is 11.3 Å². The molecule has 2 heterocycles. The van der Waals surface area contributed by atoms with Gasteiger partial charge in [-0.15, -0.1) is 11.3 Å². The lowest BCUT2D eigenvalue weighted by molar-refractivity contribution is -0.117. The van der Waals surface area contributed by atoms with E-state index in [-0.39, 0.29) is 5.91 Å². The highest BCUT2D eigenvalue weighted by molar-refractivity contribution is 7.16. The van der Waals surface area contributed by atoms with Gasteiger partial charge in [0.2, 0.25) is 5.91 Å². The number of nitrogens with zero attached hydrogens (tertiary/aromatic N) is 3. The van der Waals surface area contributed by atoms with Crippen molar-refractivity contribution < 1.29 is 4.79 Å². The molecule has 1 aromatic carbocycles. The Morgan fingerprint density at radius 2 is 1.97 bits per heavy atom. The number of amides is 1. The average Bonchev–Trinajstić information content (AvgIpc) is 3.16. The van der Waals surface area contributed by atoms with E-state index in [0.29, 0.717) is 18.0 Å². The van der Waals surface area contributed by atoms with E-state index in [0.717, 1.165) is 57.0 Å². The molecule has 1 aromatic heterocycles. The van der Waals surface area contributed by atoms with Gasteiger partial charge in [-0.25, -0.2) is 0 Å². The topological polar surface area (TPSA) is 59.4 Å². The van der Waals surface area contributed by atoms with Crippen molar-refractivity contribution in [1.29, 1.82) is 5.26 Å². The fourth-order valence-corrected chi connectivity index (χ4v) is 5.94. The highest BCUT2D eigenvalue weighted by Crippen LogP contribution is 2.39. The van der Waals surface area contributed by atoms with Crippen LogP contribution in [0.3, 0.4) is 0 Å². The number of hydrogen-bond donors (Lipinski definition) is 1. The minimum atomic E-state index is -0.00966. The normalized spacial score (nSPS) is 19.6. The van der Waals surface area contributed by atoms with Gasteiger partial charge < -0.3 is 5.32 Å². The second-order valence-corrected chi connectivity index (χ2v) is 9.88. The molecule has 1 N–H and O–H groups in total. The molecule has 0 bridgehead atoms. The summed E-state index contributed by atoms with van der Waals surface area (Å²) >= 11 is 1.61. The molecule has 32 heavy (non-hydrogen) atoms. The molecule has 0 radical (unpaired) electrons. The Morgan fingerprint density at radius 3 is 2.69 bits per heavy atom. The second-order valence-electron chi connectivity index (χ2n) is 8.77. The van der Waals surface area contributed by atoms with Crippen LogP contribution in [-0.2, 0) is 17.6 Å². The molecule has 2 aromatic rings. The summed E-state index contributed by atoms with van der Waals surface area (Å²) in [5.41, 5.74) is 3.10. The summed E-state index contributed by atoms with van der Waals surface area (Å²) < 4.78 is 0. The Hall–Kier alpha value is -2.46. The van der Waals surface area contributed by atoms with Crippen LogP contribution in [0.1, 0.15) is 41.3 Å². The van der Waals surface area contributed by atoms with Crippen LogP contribution in [-0.4, -0.2) is 55.0 Å². The number of thiophene rings is 1. The predicted molar refractivity (Wildman–Crippen MR) is 132 cm³/mol. The van der Waals surface area contributed by atoms with Crippen molar-refractivity contribution >= 4 is 28.3 Å². The summed E-state index contributed by atoms with van der Waals surface area (Å²) in [6.07, 6.45) is 8.70. The molecule has 2 aliphatic rings. The number of nitriles is 1. The highest BCUT2D eigenvalue weighted by atomic mass is 32.1. The Labute approximate surface area is 195 Å². The van der Waals surface area contributed by atoms with Gasteiger partial charge in [-0.05, 0) is 36.3 Å². The molecule has 168 valence electrons. The zero-order chi connectivity index (χ0) is 22.3. The fraction of sp³-hybridized carbons (Fsp3) is 0.462. The van der Waals surface area contributed by atoms with Crippen molar-refractivity contribution in [2.45, 2.75) is 32.6 Å². The second kappa shape index (κ2) is 10.9. The molecule has 1 aliphatic heterocycles. The predicted octanol–water partition coefficient (Wildman–Crippen LogP) is 4.40. The quantitative estimate of drug-likeness (QED) is 0.682. The maximum absolute atomic E-state index is 12.7. The lowest BCUT2D eigenvalue weighted by atomic mass is 9.86. The number of carbonyl (C=O) groups is 1. The van der Waals surface area contributed by atoms with Crippen LogP contribution < -0.4 is 5.32 Å². The van der Waals surface area contributed by atoms with Crippen molar-refractivity contribution in [1.82, 2.24) is 9.80 Å². The monoisotopic (exact) mass is 448 g/mol. The van der Waals surface area contributed by atoms with E-state index in [1.165, 1.54) is 22.4 Å². The first-order valence-corrected chi connectivity index (χ1v) is 12.5. The van der Waals surface area contributed by atoms with Gasteiger partial charge >= 0.3 is 0 Å². The van der Waals surface area contributed by atoms with E-state index >= 15 is 0 Å². The van der Waals surface area contributed by atoms with Crippen LogP contribution in [0, 0.1) is 17.2 Å². The molecule has 1 saturated heterocycles. The zero-order valence-electron chi connectivity index (χ0n) is 18.8. The smallest absolute Gasteiger partial charge is 0.239 e. The summed E-state index contributed by atoms with van der Waals surface area (Å²) in [6, 6.07) is 12.7. The van der Waals surface area contributed by atoms with Crippen molar-refractivity contribution in [3.63, 3.8) is 0 Å². The van der Waals surface area contributed by atoms with E-state index in [1.54, 1.807) is 11.3 Å². The molecule has 1 unspecified atom stereocenters. The molecule has 1 amide bonds. The van der Waals surface area contributed by atoms with Gasteiger partial charge in [0.1, 0.15) is 11.1 Å². The van der Waals surface area contributed by atoms with Crippen molar-refractivity contribution in [3.8, 4) is 6.07 Å². The van der Waals surface area contributed by atoms with Gasteiger partial charge in [-0.3, -0.25) is 14.6 Å². The summed E-state index contributed by atoms with van der Waals surface area (Å²) in [5, 5.41) is 13.5. The lowest BCUT2D eigenvalue weighted by Gasteiger charge is -2.33. The van der Waals surface area contributed by atoms with E-state index in [9.17, 15) is 10.1 Å². The number of rotatable bonds is 7. The van der Waals surface area contributed by atoms with Gasteiger partial charge in [0.15, 0.2) is 0 Å². The van der Waals surface area contributed by atoms with Crippen LogP contribution in [0.15, 0.2) is 36.4 Å². The van der Waals surface area contributed by atoms with E-state index in [2.05, 4.69) is 64.5 Å². The Kier molecular flexibility index (Phi) is 7.75. The first-order chi connectivity index (χ1) is 15.7. The average molecular weight is 449 g/mol. The first kappa shape index (κ1) is 22.7. The van der Waals surface area contributed by atoms with Crippen molar-refractivity contribution in [2.75, 3.05) is 44.6 Å². The largest absolute Gasteiger partial charge is 0.315 e. The van der Waals surface area contributed by atoms with Crippen molar-refractivity contribution in [3.05, 3.63) is 58.0 Å². The summed E-state index contributed by atoms with van der Waals surface area (Å²) in [6.45, 7) is 7.24. The van der Waals surface area contributed by atoms with Crippen molar-refractivity contribution in [2.24, 2.45) is 5.92 Å². The number of nitrogens with one attached hydrogen (secondary N) is 1. The highest BCUT2D eigenvalue weighted by Gasteiger charge is 2.26. The van der Waals surface area contributed by atoms with Gasteiger partial charge in [0.25, 0.3) is 0 Å². The van der Waals surface area contributed by atoms with Gasteiger partial charge in [0.05, 0.1) is 12.1 Å².